The van der Waals surface area contributed by atoms with Crippen LogP contribution in [0.3, 0.4) is 0 Å². The van der Waals surface area contributed by atoms with Crippen LogP contribution >= 0.6 is 7.37 Å². The zero-order valence-corrected chi connectivity index (χ0v) is 12.5. The summed E-state index contributed by atoms with van der Waals surface area (Å²) in [5, 5.41) is 1.53. The van der Waals surface area contributed by atoms with E-state index in [9.17, 15) is 4.57 Å². The molecule has 2 rings (SSSR count). The summed E-state index contributed by atoms with van der Waals surface area (Å²) in [6.07, 6.45) is 0. The molecule has 0 spiro atoms. The average Bonchev–Trinajstić information content (AvgIpc) is 2.39. The first kappa shape index (κ1) is 14.0. The number of aryl methyl sites for hydroxylation is 2. The molecular weight excluding hydrogens is 255 g/mol. The second-order valence-electron chi connectivity index (χ2n) is 4.65. The van der Waals surface area contributed by atoms with Gasteiger partial charge in [-0.05, 0) is 45.0 Å². The summed E-state index contributed by atoms with van der Waals surface area (Å²) in [6, 6.07) is 15.5. The highest BCUT2D eigenvalue weighted by Crippen LogP contribution is 2.44. The zero-order valence-electron chi connectivity index (χ0n) is 11.6. The van der Waals surface area contributed by atoms with E-state index < -0.39 is 7.37 Å². The molecule has 0 unspecified atom stereocenters. The van der Waals surface area contributed by atoms with Crippen LogP contribution in [0.4, 0.5) is 0 Å². The molecular formula is C16H19O2P. The lowest BCUT2D eigenvalue weighted by Gasteiger charge is -2.19. The van der Waals surface area contributed by atoms with E-state index in [0.717, 1.165) is 21.7 Å². The number of benzene rings is 2. The van der Waals surface area contributed by atoms with Crippen molar-refractivity contribution in [1.82, 2.24) is 0 Å². The van der Waals surface area contributed by atoms with Gasteiger partial charge in [-0.3, -0.25) is 4.57 Å². The maximum atomic E-state index is 13.3. The lowest BCUT2D eigenvalue weighted by atomic mass is 10.2. The van der Waals surface area contributed by atoms with Gasteiger partial charge in [0.05, 0.1) is 6.61 Å². The molecule has 2 aromatic carbocycles. The molecule has 19 heavy (non-hydrogen) atoms. The van der Waals surface area contributed by atoms with Gasteiger partial charge in [0, 0.05) is 10.6 Å². The third-order valence-corrected chi connectivity index (χ3v) is 5.53. The maximum Gasteiger partial charge on any atom is 0.261 e. The molecule has 0 radical (unpaired) electrons. The molecule has 0 bridgehead atoms. The van der Waals surface area contributed by atoms with Crippen LogP contribution in [0.25, 0.3) is 0 Å². The lowest BCUT2D eigenvalue weighted by molar-refractivity contribution is 0.348. The normalized spacial score (nSPS) is 11.5. The fraction of sp³-hybridized carbons (Fsp3) is 0.250. The molecule has 0 aliphatic carbocycles. The van der Waals surface area contributed by atoms with E-state index in [1.807, 2.05) is 69.3 Å². The predicted molar refractivity (Wildman–Crippen MR) is 80.9 cm³/mol. The highest BCUT2D eigenvalue weighted by molar-refractivity contribution is 7.74. The van der Waals surface area contributed by atoms with Gasteiger partial charge in [0.2, 0.25) is 0 Å². The van der Waals surface area contributed by atoms with Gasteiger partial charge in [-0.15, -0.1) is 0 Å². The average molecular weight is 274 g/mol. The van der Waals surface area contributed by atoms with Crippen LogP contribution in [0.5, 0.6) is 0 Å². The van der Waals surface area contributed by atoms with E-state index in [2.05, 4.69) is 0 Å². The largest absolute Gasteiger partial charge is 0.322 e. The van der Waals surface area contributed by atoms with Gasteiger partial charge >= 0.3 is 0 Å². The minimum atomic E-state index is -2.98. The van der Waals surface area contributed by atoms with Crippen molar-refractivity contribution in [2.75, 3.05) is 6.61 Å². The van der Waals surface area contributed by atoms with Gasteiger partial charge in [-0.2, -0.15) is 0 Å². The zero-order chi connectivity index (χ0) is 13.9. The summed E-state index contributed by atoms with van der Waals surface area (Å²) in [5.74, 6) is 0. The Hall–Kier alpha value is -1.37. The second kappa shape index (κ2) is 5.73. The van der Waals surface area contributed by atoms with Crippen LogP contribution in [0, 0.1) is 13.8 Å². The Morgan fingerprint density at radius 2 is 1.42 bits per heavy atom. The first-order valence-corrected chi connectivity index (χ1v) is 8.08. The van der Waals surface area contributed by atoms with Crippen LogP contribution in [0.1, 0.15) is 18.1 Å². The Morgan fingerprint density at radius 1 is 0.947 bits per heavy atom. The first-order chi connectivity index (χ1) is 9.06. The number of rotatable bonds is 4. The van der Waals surface area contributed by atoms with Crippen molar-refractivity contribution >= 4 is 18.0 Å². The van der Waals surface area contributed by atoms with Crippen LogP contribution in [0.15, 0.2) is 48.5 Å². The molecule has 0 fully saturated rings. The van der Waals surface area contributed by atoms with Crippen molar-refractivity contribution in [1.29, 1.82) is 0 Å². The molecule has 3 heteroatoms. The summed E-state index contributed by atoms with van der Waals surface area (Å²) >= 11 is 0. The molecule has 0 saturated carbocycles. The lowest BCUT2D eigenvalue weighted by Crippen LogP contribution is -2.18. The van der Waals surface area contributed by atoms with Crippen molar-refractivity contribution in [3.63, 3.8) is 0 Å². The van der Waals surface area contributed by atoms with Crippen molar-refractivity contribution in [3.8, 4) is 0 Å². The molecule has 2 aromatic rings. The molecule has 0 aliphatic heterocycles. The topological polar surface area (TPSA) is 26.3 Å². The van der Waals surface area contributed by atoms with Crippen molar-refractivity contribution in [2.24, 2.45) is 0 Å². The van der Waals surface area contributed by atoms with Gasteiger partial charge in [0.25, 0.3) is 7.37 Å². The molecule has 0 heterocycles. The fourth-order valence-corrected chi connectivity index (χ4v) is 4.37. The Bertz CT molecular complexity index is 570. The first-order valence-electron chi connectivity index (χ1n) is 6.45. The summed E-state index contributed by atoms with van der Waals surface area (Å²) in [4.78, 5) is 0. The fourth-order valence-electron chi connectivity index (χ4n) is 2.10. The Kier molecular flexibility index (Phi) is 4.24. The van der Waals surface area contributed by atoms with E-state index in [1.54, 1.807) is 0 Å². The van der Waals surface area contributed by atoms with Gasteiger partial charge in [-0.25, -0.2) is 0 Å². The van der Waals surface area contributed by atoms with E-state index in [0.29, 0.717) is 6.61 Å². The van der Waals surface area contributed by atoms with Crippen molar-refractivity contribution in [3.05, 3.63) is 59.7 Å². The smallest absolute Gasteiger partial charge is 0.261 e. The summed E-state index contributed by atoms with van der Waals surface area (Å²) in [7, 11) is -2.98. The Morgan fingerprint density at radius 3 is 1.79 bits per heavy atom. The minimum Gasteiger partial charge on any atom is -0.322 e. The third-order valence-electron chi connectivity index (χ3n) is 2.99. The van der Waals surface area contributed by atoms with Crippen molar-refractivity contribution in [2.45, 2.75) is 20.8 Å². The van der Waals surface area contributed by atoms with E-state index in [1.165, 1.54) is 0 Å². The van der Waals surface area contributed by atoms with Gasteiger partial charge in [0.15, 0.2) is 0 Å². The molecule has 0 aromatic heterocycles. The Balaban J connectivity index is 2.58. The SMILES string of the molecule is CCOP(=O)(c1cccc(C)c1)c1cccc(C)c1. The van der Waals surface area contributed by atoms with Gasteiger partial charge in [-0.1, -0.05) is 35.4 Å². The molecule has 0 amide bonds. The number of hydrogen-bond acceptors (Lipinski definition) is 2. The predicted octanol–water partition coefficient (Wildman–Crippen LogP) is 3.57. The van der Waals surface area contributed by atoms with Crippen LogP contribution in [0.2, 0.25) is 0 Å². The highest BCUT2D eigenvalue weighted by Gasteiger charge is 2.28. The van der Waals surface area contributed by atoms with Crippen LogP contribution in [-0.2, 0) is 9.09 Å². The van der Waals surface area contributed by atoms with E-state index in [4.69, 9.17) is 4.52 Å². The van der Waals surface area contributed by atoms with Gasteiger partial charge in [0.1, 0.15) is 0 Å². The third kappa shape index (κ3) is 2.97. The highest BCUT2D eigenvalue weighted by atomic mass is 31.2. The van der Waals surface area contributed by atoms with E-state index >= 15 is 0 Å². The summed E-state index contributed by atoms with van der Waals surface area (Å²) in [6.45, 7) is 6.30. The van der Waals surface area contributed by atoms with Crippen LogP contribution in [-0.4, -0.2) is 6.61 Å². The molecule has 0 aliphatic rings. The van der Waals surface area contributed by atoms with Gasteiger partial charge < -0.3 is 4.52 Å². The molecule has 0 atom stereocenters. The summed E-state index contributed by atoms with van der Waals surface area (Å²) in [5.41, 5.74) is 2.18. The minimum absolute atomic E-state index is 0.430. The number of hydrogen-bond donors (Lipinski definition) is 0. The Labute approximate surface area is 114 Å². The maximum absolute atomic E-state index is 13.3. The van der Waals surface area contributed by atoms with Crippen molar-refractivity contribution < 1.29 is 9.09 Å². The molecule has 2 nitrogen and oxygen atoms in total. The molecule has 100 valence electrons. The second-order valence-corrected chi connectivity index (χ2v) is 7.04. The quantitative estimate of drug-likeness (QED) is 0.797. The molecule has 0 saturated heterocycles. The monoisotopic (exact) mass is 274 g/mol. The standard InChI is InChI=1S/C16H19O2P/c1-4-18-19(17,15-9-5-7-13(2)11-15)16-10-6-8-14(3)12-16/h5-12H,4H2,1-3H3. The van der Waals surface area contributed by atoms with Crippen LogP contribution < -0.4 is 10.6 Å². The molecule has 0 N–H and O–H groups in total. The van der Waals surface area contributed by atoms with E-state index in [-0.39, 0.29) is 0 Å². The summed E-state index contributed by atoms with van der Waals surface area (Å²) < 4.78 is 19.0.